The van der Waals surface area contributed by atoms with Crippen LogP contribution in [0.5, 0.6) is 0 Å². The second-order valence-electron chi connectivity index (χ2n) is 6.73. The molecule has 28 heavy (non-hydrogen) atoms. The Balaban J connectivity index is 1.95. The molecule has 0 spiro atoms. The molecule has 1 heterocycles. The van der Waals surface area contributed by atoms with Gasteiger partial charge in [0.15, 0.2) is 0 Å². The number of aliphatic hydroxyl groups excluding tert-OH is 1. The zero-order valence-corrected chi connectivity index (χ0v) is 16.9. The molecule has 4 rings (SSSR count). The minimum Gasteiger partial charge on any atom is -0.390 e. The van der Waals surface area contributed by atoms with Crippen molar-refractivity contribution in [2.24, 2.45) is 0 Å². The molecule has 0 amide bonds. The Labute approximate surface area is 172 Å². The van der Waals surface area contributed by atoms with E-state index in [0.717, 1.165) is 33.0 Å². The zero-order valence-electron chi connectivity index (χ0n) is 15.3. The largest absolute Gasteiger partial charge is 0.390 e. The molecule has 4 aromatic rings. The Morgan fingerprint density at radius 2 is 1.54 bits per heavy atom. The Morgan fingerprint density at radius 1 is 0.857 bits per heavy atom. The standard InChI is InChI=1S/C24H20BrNO2/c25-19-11-12-20-21(15-19)23(18-9-5-2-6-10-18)22(16-27)26(24(20)28)14-13-17-7-3-1-4-8-17/h1-12,15,27H,13-14,16H2. The van der Waals surface area contributed by atoms with Crippen LogP contribution >= 0.6 is 15.9 Å². The fraction of sp³-hybridized carbons (Fsp3) is 0.125. The van der Waals surface area contributed by atoms with Gasteiger partial charge in [0.25, 0.3) is 5.56 Å². The van der Waals surface area contributed by atoms with E-state index in [1.165, 1.54) is 0 Å². The van der Waals surface area contributed by atoms with E-state index < -0.39 is 0 Å². The quantitative estimate of drug-likeness (QED) is 0.471. The highest BCUT2D eigenvalue weighted by molar-refractivity contribution is 9.10. The topological polar surface area (TPSA) is 42.2 Å². The average Bonchev–Trinajstić information content (AvgIpc) is 2.74. The van der Waals surface area contributed by atoms with Crippen molar-refractivity contribution in [2.75, 3.05) is 0 Å². The third kappa shape index (κ3) is 3.53. The number of rotatable bonds is 5. The van der Waals surface area contributed by atoms with Crippen LogP contribution in [0.25, 0.3) is 21.9 Å². The number of benzene rings is 3. The molecule has 0 saturated heterocycles. The van der Waals surface area contributed by atoms with Gasteiger partial charge in [0, 0.05) is 22.0 Å². The molecular weight excluding hydrogens is 414 g/mol. The molecule has 0 aliphatic heterocycles. The van der Waals surface area contributed by atoms with Crippen molar-refractivity contribution in [2.45, 2.75) is 19.6 Å². The molecule has 4 heteroatoms. The van der Waals surface area contributed by atoms with Gasteiger partial charge in [-0.3, -0.25) is 4.79 Å². The lowest BCUT2D eigenvalue weighted by Crippen LogP contribution is -2.26. The van der Waals surface area contributed by atoms with Crippen LogP contribution in [-0.2, 0) is 19.6 Å². The molecule has 0 saturated carbocycles. The Kier molecular flexibility index (Phi) is 5.42. The van der Waals surface area contributed by atoms with Gasteiger partial charge in [-0.1, -0.05) is 76.6 Å². The van der Waals surface area contributed by atoms with Gasteiger partial charge in [0.2, 0.25) is 0 Å². The van der Waals surface area contributed by atoms with Crippen molar-refractivity contribution in [3.8, 4) is 11.1 Å². The molecule has 0 fully saturated rings. The summed E-state index contributed by atoms with van der Waals surface area (Å²) in [6, 6.07) is 25.7. The first-order valence-electron chi connectivity index (χ1n) is 9.24. The lowest BCUT2D eigenvalue weighted by molar-refractivity contribution is 0.269. The third-order valence-electron chi connectivity index (χ3n) is 5.02. The summed E-state index contributed by atoms with van der Waals surface area (Å²) in [4.78, 5) is 13.3. The first kappa shape index (κ1) is 18.7. The van der Waals surface area contributed by atoms with E-state index >= 15 is 0 Å². The molecule has 0 atom stereocenters. The van der Waals surface area contributed by atoms with Crippen molar-refractivity contribution in [1.29, 1.82) is 0 Å². The number of fused-ring (bicyclic) bond motifs is 1. The van der Waals surface area contributed by atoms with Crippen LogP contribution in [0.15, 0.2) is 88.1 Å². The van der Waals surface area contributed by atoms with Crippen LogP contribution < -0.4 is 5.56 Å². The van der Waals surface area contributed by atoms with Crippen molar-refractivity contribution in [3.05, 3.63) is 105 Å². The number of aromatic nitrogens is 1. The monoisotopic (exact) mass is 433 g/mol. The molecule has 0 aliphatic carbocycles. The molecule has 140 valence electrons. The van der Waals surface area contributed by atoms with Crippen LogP contribution in [0.4, 0.5) is 0 Å². The van der Waals surface area contributed by atoms with E-state index in [-0.39, 0.29) is 12.2 Å². The summed E-state index contributed by atoms with van der Waals surface area (Å²) in [6.07, 6.45) is 0.726. The molecule has 0 radical (unpaired) electrons. The predicted molar refractivity (Wildman–Crippen MR) is 117 cm³/mol. The smallest absolute Gasteiger partial charge is 0.258 e. The molecule has 3 nitrogen and oxygen atoms in total. The van der Waals surface area contributed by atoms with E-state index in [4.69, 9.17) is 0 Å². The van der Waals surface area contributed by atoms with Gasteiger partial charge in [-0.2, -0.15) is 0 Å². The zero-order chi connectivity index (χ0) is 19.5. The number of pyridine rings is 1. The highest BCUT2D eigenvalue weighted by Gasteiger charge is 2.17. The van der Waals surface area contributed by atoms with Crippen molar-refractivity contribution >= 4 is 26.7 Å². The van der Waals surface area contributed by atoms with Gasteiger partial charge in [-0.15, -0.1) is 0 Å². The third-order valence-corrected chi connectivity index (χ3v) is 5.51. The van der Waals surface area contributed by atoms with Gasteiger partial charge in [-0.25, -0.2) is 0 Å². The van der Waals surface area contributed by atoms with Gasteiger partial charge < -0.3 is 9.67 Å². The SMILES string of the molecule is O=c1c2ccc(Br)cc2c(-c2ccccc2)c(CO)n1CCc1ccccc1. The number of aliphatic hydroxyl groups is 1. The molecule has 1 N–H and O–H groups in total. The van der Waals surface area contributed by atoms with Crippen LogP contribution in [0.2, 0.25) is 0 Å². The number of halogens is 1. The highest BCUT2D eigenvalue weighted by Crippen LogP contribution is 2.32. The first-order chi connectivity index (χ1) is 13.7. The van der Waals surface area contributed by atoms with Crippen molar-refractivity contribution in [1.82, 2.24) is 4.57 Å². The van der Waals surface area contributed by atoms with E-state index in [9.17, 15) is 9.90 Å². The number of hydrogen-bond acceptors (Lipinski definition) is 2. The summed E-state index contributed by atoms with van der Waals surface area (Å²) in [5.41, 5.74) is 3.64. The van der Waals surface area contributed by atoms with Crippen molar-refractivity contribution < 1.29 is 5.11 Å². The fourth-order valence-electron chi connectivity index (χ4n) is 3.68. The minimum absolute atomic E-state index is 0.0674. The van der Waals surface area contributed by atoms with E-state index in [2.05, 4.69) is 28.1 Å². The van der Waals surface area contributed by atoms with E-state index in [0.29, 0.717) is 17.6 Å². The van der Waals surface area contributed by atoms with Crippen molar-refractivity contribution in [3.63, 3.8) is 0 Å². The second kappa shape index (κ2) is 8.13. The van der Waals surface area contributed by atoms with Crippen LogP contribution in [0.1, 0.15) is 11.3 Å². The molecule has 1 aromatic heterocycles. The summed E-state index contributed by atoms with van der Waals surface area (Å²) in [7, 11) is 0. The van der Waals surface area contributed by atoms with Crippen LogP contribution in [0, 0.1) is 0 Å². The number of hydrogen-bond donors (Lipinski definition) is 1. The maximum absolute atomic E-state index is 13.3. The fourth-order valence-corrected chi connectivity index (χ4v) is 4.04. The normalized spacial score (nSPS) is 11.1. The molecule has 3 aromatic carbocycles. The minimum atomic E-state index is -0.198. The van der Waals surface area contributed by atoms with Gasteiger partial charge in [-0.05, 0) is 41.1 Å². The van der Waals surface area contributed by atoms with E-state index in [1.54, 1.807) is 4.57 Å². The predicted octanol–water partition coefficient (Wildman–Crippen LogP) is 5.17. The molecular formula is C24H20BrNO2. The van der Waals surface area contributed by atoms with Crippen LogP contribution in [-0.4, -0.2) is 9.67 Å². The van der Waals surface area contributed by atoms with E-state index in [1.807, 2.05) is 66.7 Å². The second-order valence-corrected chi connectivity index (χ2v) is 7.64. The maximum atomic E-state index is 13.3. The van der Waals surface area contributed by atoms with Gasteiger partial charge >= 0.3 is 0 Å². The summed E-state index contributed by atoms with van der Waals surface area (Å²) in [6.45, 7) is 0.321. The first-order valence-corrected chi connectivity index (χ1v) is 10.0. The Hall–Kier alpha value is -2.69. The summed E-state index contributed by atoms with van der Waals surface area (Å²) >= 11 is 3.52. The summed E-state index contributed by atoms with van der Waals surface area (Å²) < 4.78 is 2.63. The molecule has 0 aliphatic rings. The Bertz CT molecular complexity index is 1170. The summed E-state index contributed by atoms with van der Waals surface area (Å²) in [5, 5.41) is 11.8. The lowest BCUT2D eigenvalue weighted by Gasteiger charge is -2.19. The van der Waals surface area contributed by atoms with Gasteiger partial charge in [0.05, 0.1) is 12.3 Å². The number of aryl methyl sites for hydroxylation is 1. The molecule has 0 unspecified atom stereocenters. The molecule has 0 bridgehead atoms. The number of nitrogens with zero attached hydrogens (tertiary/aromatic N) is 1. The van der Waals surface area contributed by atoms with Gasteiger partial charge in [0.1, 0.15) is 0 Å². The lowest BCUT2D eigenvalue weighted by atomic mass is 9.96. The highest BCUT2D eigenvalue weighted by atomic mass is 79.9. The van der Waals surface area contributed by atoms with Crippen LogP contribution in [0.3, 0.4) is 0 Å². The maximum Gasteiger partial charge on any atom is 0.258 e. The Morgan fingerprint density at radius 3 is 2.21 bits per heavy atom. The summed E-state index contributed by atoms with van der Waals surface area (Å²) in [5.74, 6) is 0. The average molecular weight is 434 g/mol.